The average Bonchev–Trinajstić information content (AvgIpc) is 2.82. The number of carbonyl (C=O) groups excluding carboxylic acids is 3. The highest BCUT2D eigenvalue weighted by molar-refractivity contribution is 6.42. The minimum absolute atomic E-state index is 0.0718. The second kappa shape index (κ2) is 8.55. The third kappa shape index (κ3) is 4.12. The third-order valence-electron chi connectivity index (χ3n) is 5.52. The number of fused-ring (bicyclic) bond motifs is 1. The molecule has 2 aromatic carbocycles. The van der Waals surface area contributed by atoms with Crippen molar-refractivity contribution in [3.8, 4) is 5.75 Å². The molecule has 1 unspecified atom stereocenters. The van der Waals surface area contributed by atoms with Crippen molar-refractivity contribution in [3.05, 3.63) is 71.9 Å². The number of amides is 2. The number of nitrogens with zero attached hydrogens (tertiary/aromatic N) is 3. The van der Waals surface area contributed by atoms with Crippen LogP contribution in [0.5, 0.6) is 5.75 Å². The number of hydrogen-bond donors (Lipinski definition) is 0. The van der Waals surface area contributed by atoms with Crippen LogP contribution in [-0.2, 0) is 4.79 Å². The smallest absolute Gasteiger partial charge is 0.297 e. The van der Waals surface area contributed by atoms with E-state index >= 15 is 0 Å². The summed E-state index contributed by atoms with van der Waals surface area (Å²) in [6.07, 6.45) is 0. The Morgan fingerprint density at radius 1 is 1.00 bits per heavy atom. The molecule has 0 N–H and O–H groups in total. The van der Waals surface area contributed by atoms with Crippen LogP contribution >= 0.6 is 0 Å². The lowest BCUT2D eigenvalue weighted by Crippen LogP contribution is -2.56. The van der Waals surface area contributed by atoms with E-state index in [1.165, 1.54) is 4.90 Å². The number of piperazine rings is 1. The molecule has 1 aliphatic rings. The largest absolute Gasteiger partial charge is 0.497 e. The van der Waals surface area contributed by atoms with Gasteiger partial charge in [0.25, 0.3) is 17.6 Å². The van der Waals surface area contributed by atoms with Gasteiger partial charge in [0.05, 0.1) is 12.6 Å². The van der Waals surface area contributed by atoms with E-state index in [9.17, 15) is 14.4 Å². The molecule has 1 saturated heterocycles. The van der Waals surface area contributed by atoms with Crippen LogP contribution in [0.1, 0.15) is 27.8 Å². The Bertz CT molecular complexity index is 1150. The first-order valence-electron chi connectivity index (χ1n) is 10.1. The molecule has 4 rings (SSSR count). The zero-order chi connectivity index (χ0) is 22.0. The van der Waals surface area contributed by atoms with Crippen LogP contribution in [0, 0.1) is 0 Å². The first-order valence-corrected chi connectivity index (χ1v) is 10.1. The van der Waals surface area contributed by atoms with E-state index in [1.54, 1.807) is 48.4 Å². The number of methoxy groups -OCH3 is 1. The Hall–Kier alpha value is -3.74. The Morgan fingerprint density at radius 2 is 1.77 bits per heavy atom. The zero-order valence-electron chi connectivity index (χ0n) is 17.4. The molecule has 1 aliphatic heterocycles. The topological polar surface area (TPSA) is 79.8 Å². The molecule has 31 heavy (non-hydrogen) atoms. The van der Waals surface area contributed by atoms with E-state index in [4.69, 9.17) is 4.74 Å². The number of pyridine rings is 1. The predicted molar refractivity (Wildman–Crippen MR) is 116 cm³/mol. The summed E-state index contributed by atoms with van der Waals surface area (Å²) in [6.45, 7) is 2.89. The molecule has 1 aromatic heterocycles. The van der Waals surface area contributed by atoms with Gasteiger partial charge in [-0.1, -0.05) is 24.3 Å². The van der Waals surface area contributed by atoms with Gasteiger partial charge in [0, 0.05) is 36.6 Å². The number of ketones is 1. The fourth-order valence-corrected chi connectivity index (χ4v) is 3.80. The average molecular weight is 417 g/mol. The van der Waals surface area contributed by atoms with Crippen LogP contribution in [0.3, 0.4) is 0 Å². The van der Waals surface area contributed by atoms with E-state index in [0.717, 1.165) is 5.39 Å². The number of ether oxygens (including phenoxy) is 1. The summed E-state index contributed by atoms with van der Waals surface area (Å²) in [4.78, 5) is 46.0. The molecular formula is C24H23N3O4. The first-order chi connectivity index (χ1) is 15.0. The van der Waals surface area contributed by atoms with Crippen LogP contribution in [0.15, 0.2) is 60.7 Å². The summed E-state index contributed by atoms with van der Waals surface area (Å²) in [6, 6.07) is 17.4. The van der Waals surface area contributed by atoms with Gasteiger partial charge in [-0.3, -0.25) is 14.4 Å². The summed E-state index contributed by atoms with van der Waals surface area (Å²) in [5, 5.41) is 0.824. The Morgan fingerprint density at radius 3 is 2.48 bits per heavy atom. The quantitative estimate of drug-likeness (QED) is 0.482. The standard InChI is InChI=1S/C24H23N3O4/c1-16-15-26(23(29)17-6-4-3-5-7-17)12-13-27(16)24(30)22(28)21-10-8-18-14-19(31-2)9-11-20(18)25-21/h3-11,14,16H,12-13,15H2,1-2H3. The molecule has 0 aliphatic carbocycles. The minimum atomic E-state index is -0.646. The van der Waals surface area contributed by atoms with Crippen molar-refractivity contribution in [2.24, 2.45) is 0 Å². The van der Waals surface area contributed by atoms with E-state index in [-0.39, 0.29) is 17.6 Å². The first kappa shape index (κ1) is 20.5. The number of rotatable bonds is 4. The highest BCUT2D eigenvalue weighted by atomic mass is 16.5. The lowest BCUT2D eigenvalue weighted by molar-refractivity contribution is -0.130. The number of benzene rings is 2. The molecule has 7 heteroatoms. The minimum Gasteiger partial charge on any atom is -0.497 e. The second-order valence-electron chi connectivity index (χ2n) is 7.55. The molecule has 3 aromatic rings. The van der Waals surface area contributed by atoms with Crippen LogP contribution in [0.2, 0.25) is 0 Å². The maximum Gasteiger partial charge on any atom is 0.297 e. The van der Waals surface area contributed by atoms with Crippen LogP contribution in [0.4, 0.5) is 0 Å². The number of Topliss-reactive ketones (excluding diaryl/α,β-unsaturated/α-hetero) is 1. The fraction of sp³-hybridized carbons (Fsp3) is 0.250. The second-order valence-corrected chi connectivity index (χ2v) is 7.55. The monoisotopic (exact) mass is 417 g/mol. The maximum absolute atomic E-state index is 12.9. The Kier molecular flexibility index (Phi) is 5.66. The summed E-state index contributed by atoms with van der Waals surface area (Å²) < 4.78 is 5.20. The molecule has 1 fully saturated rings. The number of aromatic nitrogens is 1. The van der Waals surface area contributed by atoms with Gasteiger partial charge in [-0.05, 0) is 43.3 Å². The highest BCUT2D eigenvalue weighted by Crippen LogP contribution is 2.20. The molecule has 0 saturated carbocycles. The fourth-order valence-electron chi connectivity index (χ4n) is 3.80. The molecular weight excluding hydrogens is 394 g/mol. The molecule has 0 spiro atoms. The molecule has 0 radical (unpaired) electrons. The molecule has 2 amide bonds. The third-order valence-corrected chi connectivity index (χ3v) is 5.52. The van der Waals surface area contributed by atoms with E-state index in [0.29, 0.717) is 36.5 Å². The normalized spacial score (nSPS) is 16.3. The van der Waals surface area contributed by atoms with Crippen molar-refractivity contribution in [2.75, 3.05) is 26.7 Å². The zero-order valence-corrected chi connectivity index (χ0v) is 17.4. The van der Waals surface area contributed by atoms with Gasteiger partial charge in [0.2, 0.25) is 0 Å². The maximum atomic E-state index is 12.9. The van der Waals surface area contributed by atoms with E-state index in [2.05, 4.69) is 4.98 Å². The van der Waals surface area contributed by atoms with Crippen LogP contribution in [-0.4, -0.2) is 65.2 Å². The van der Waals surface area contributed by atoms with Crippen molar-refractivity contribution >= 4 is 28.5 Å². The Balaban J connectivity index is 1.46. The SMILES string of the molecule is COc1ccc2nc(C(=O)C(=O)N3CCN(C(=O)c4ccccc4)CC3C)ccc2c1. The molecule has 7 nitrogen and oxygen atoms in total. The lowest BCUT2D eigenvalue weighted by atomic mass is 10.1. The van der Waals surface area contributed by atoms with Crippen molar-refractivity contribution in [1.82, 2.24) is 14.8 Å². The van der Waals surface area contributed by atoms with Crippen LogP contribution < -0.4 is 4.74 Å². The van der Waals surface area contributed by atoms with Gasteiger partial charge in [-0.2, -0.15) is 0 Å². The lowest BCUT2D eigenvalue weighted by Gasteiger charge is -2.39. The van der Waals surface area contributed by atoms with Gasteiger partial charge >= 0.3 is 0 Å². The van der Waals surface area contributed by atoms with E-state index in [1.807, 2.05) is 31.2 Å². The number of hydrogen-bond acceptors (Lipinski definition) is 5. The molecule has 0 bridgehead atoms. The van der Waals surface area contributed by atoms with Gasteiger partial charge in [0.1, 0.15) is 11.4 Å². The summed E-state index contributed by atoms with van der Waals surface area (Å²) in [7, 11) is 1.58. The summed E-state index contributed by atoms with van der Waals surface area (Å²) >= 11 is 0. The van der Waals surface area contributed by atoms with Crippen LogP contribution in [0.25, 0.3) is 10.9 Å². The predicted octanol–water partition coefficient (Wildman–Crippen LogP) is 2.80. The van der Waals surface area contributed by atoms with Gasteiger partial charge in [-0.15, -0.1) is 0 Å². The molecule has 2 heterocycles. The Labute approximate surface area is 180 Å². The van der Waals surface area contributed by atoms with Crippen molar-refractivity contribution in [1.29, 1.82) is 0 Å². The van der Waals surface area contributed by atoms with Crippen molar-refractivity contribution < 1.29 is 19.1 Å². The highest BCUT2D eigenvalue weighted by Gasteiger charge is 2.33. The van der Waals surface area contributed by atoms with Gasteiger partial charge in [0.15, 0.2) is 0 Å². The van der Waals surface area contributed by atoms with E-state index < -0.39 is 11.7 Å². The van der Waals surface area contributed by atoms with Gasteiger partial charge in [-0.25, -0.2) is 4.98 Å². The van der Waals surface area contributed by atoms with Crippen molar-refractivity contribution in [2.45, 2.75) is 13.0 Å². The summed E-state index contributed by atoms with van der Waals surface area (Å²) in [5.74, 6) is -0.620. The summed E-state index contributed by atoms with van der Waals surface area (Å²) in [5.41, 5.74) is 1.34. The van der Waals surface area contributed by atoms with Crippen molar-refractivity contribution in [3.63, 3.8) is 0 Å². The van der Waals surface area contributed by atoms with Gasteiger partial charge < -0.3 is 14.5 Å². The molecule has 1 atom stereocenters. The number of carbonyl (C=O) groups is 3. The molecule has 158 valence electrons.